The van der Waals surface area contributed by atoms with E-state index in [1.54, 1.807) is 18.2 Å². The minimum atomic E-state index is -0.335. The third kappa shape index (κ3) is 3.32. The van der Waals surface area contributed by atoms with Crippen LogP contribution in [0.4, 0.5) is 4.39 Å². The van der Waals surface area contributed by atoms with Crippen molar-refractivity contribution in [1.82, 2.24) is 5.43 Å². The number of amidine groups is 1. The summed E-state index contributed by atoms with van der Waals surface area (Å²) in [5.74, 6) is 5.36. The second-order valence-electron chi connectivity index (χ2n) is 4.26. The zero-order valence-electron chi connectivity index (χ0n) is 9.21. The van der Waals surface area contributed by atoms with E-state index in [-0.39, 0.29) is 11.4 Å². The molecule has 0 aliphatic rings. The minimum Gasteiger partial charge on any atom is -0.308 e. The van der Waals surface area contributed by atoms with E-state index in [9.17, 15) is 4.39 Å². The van der Waals surface area contributed by atoms with E-state index in [1.165, 1.54) is 6.07 Å². The van der Waals surface area contributed by atoms with Gasteiger partial charge >= 0.3 is 0 Å². The van der Waals surface area contributed by atoms with Crippen LogP contribution in [0.25, 0.3) is 0 Å². The highest BCUT2D eigenvalue weighted by Crippen LogP contribution is 2.12. The number of hydrogen-bond acceptors (Lipinski definition) is 2. The molecular weight excluding hydrogens is 193 g/mol. The van der Waals surface area contributed by atoms with Crippen molar-refractivity contribution < 1.29 is 4.39 Å². The molecule has 0 aromatic heterocycles. The Morgan fingerprint density at radius 2 is 1.93 bits per heavy atom. The summed E-state index contributed by atoms with van der Waals surface area (Å²) < 4.78 is 13.4. The van der Waals surface area contributed by atoms with E-state index < -0.39 is 0 Å². The number of nitrogens with two attached hydrogens (primary N) is 1. The average molecular weight is 209 g/mol. The maximum absolute atomic E-state index is 13.4. The molecule has 0 atom stereocenters. The van der Waals surface area contributed by atoms with Crippen LogP contribution in [0.2, 0.25) is 0 Å². The standard InChI is InChI=1S/C11H16FN3/c1-11(2,3)14-10(15-13)8-6-4-5-7-9(8)12/h4-7H,13H2,1-3H3,(H,14,15). The zero-order valence-corrected chi connectivity index (χ0v) is 9.21. The first-order chi connectivity index (χ1) is 6.94. The highest BCUT2D eigenvalue weighted by molar-refractivity contribution is 5.98. The Kier molecular flexibility index (Phi) is 3.42. The summed E-state index contributed by atoms with van der Waals surface area (Å²) in [6.07, 6.45) is 0. The maximum atomic E-state index is 13.4. The molecule has 1 aromatic carbocycles. The first-order valence-corrected chi connectivity index (χ1v) is 4.75. The lowest BCUT2D eigenvalue weighted by molar-refractivity contribution is 0.577. The molecule has 4 heteroatoms. The number of nitrogens with zero attached hydrogens (tertiary/aromatic N) is 1. The van der Waals surface area contributed by atoms with Crippen LogP contribution in [0.1, 0.15) is 26.3 Å². The molecule has 1 aromatic rings. The molecule has 0 aliphatic carbocycles. The van der Waals surface area contributed by atoms with Crippen molar-refractivity contribution in [2.75, 3.05) is 0 Å². The van der Waals surface area contributed by atoms with Crippen molar-refractivity contribution in [3.8, 4) is 0 Å². The molecule has 0 fully saturated rings. The van der Waals surface area contributed by atoms with Gasteiger partial charge in [-0.3, -0.25) is 4.99 Å². The van der Waals surface area contributed by atoms with Gasteiger partial charge in [0.1, 0.15) is 11.7 Å². The van der Waals surface area contributed by atoms with Crippen LogP contribution in [0, 0.1) is 5.82 Å². The molecular formula is C11H16FN3. The number of benzene rings is 1. The summed E-state index contributed by atoms with van der Waals surface area (Å²) in [6.45, 7) is 5.77. The Balaban J connectivity index is 3.14. The van der Waals surface area contributed by atoms with Gasteiger partial charge in [-0.05, 0) is 32.9 Å². The maximum Gasteiger partial charge on any atom is 0.146 e. The number of nitrogens with one attached hydrogen (secondary N) is 1. The fraction of sp³-hybridized carbons (Fsp3) is 0.364. The molecule has 0 saturated carbocycles. The summed E-state index contributed by atoms with van der Waals surface area (Å²) in [7, 11) is 0. The fourth-order valence-electron chi connectivity index (χ4n) is 1.16. The van der Waals surface area contributed by atoms with Gasteiger partial charge < -0.3 is 5.43 Å². The lowest BCUT2D eigenvalue weighted by Gasteiger charge is -2.16. The minimum absolute atomic E-state index is 0.302. The topological polar surface area (TPSA) is 50.4 Å². The Bertz CT molecular complexity index is 366. The van der Waals surface area contributed by atoms with Crippen LogP contribution in [0.3, 0.4) is 0 Å². The Morgan fingerprint density at radius 3 is 2.40 bits per heavy atom. The number of rotatable bonds is 1. The lowest BCUT2D eigenvalue weighted by Crippen LogP contribution is -2.34. The first-order valence-electron chi connectivity index (χ1n) is 4.75. The molecule has 0 aliphatic heterocycles. The Labute approximate surface area is 89.2 Å². The van der Waals surface area contributed by atoms with Gasteiger partial charge in [0, 0.05) is 0 Å². The van der Waals surface area contributed by atoms with Crippen LogP contribution in [0.5, 0.6) is 0 Å². The van der Waals surface area contributed by atoms with Gasteiger partial charge in [0.05, 0.1) is 11.1 Å². The molecule has 3 nitrogen and oxygen atoms in total. The SMILES string of the molecule is CC(C)(C)N=C(NN)c1ccccc1F. The van der Waals surface area contributed by atoms with Gasteiger partial charge in [0.15, 0.2) is 0 Å². The van der Waals surface area contributed by atoms with Gasteiger partial charge in [0.2, 0.25) is 0 Å². The van der Waals surface area contributed by atoms with Crippen molar-refractivity contribution in [3.05, 3.63) is 35.6 Å². The molecule has 0 radical (unpaired) electrons. The summed E-state index contributed by atoms with van der Waals surface area (Å²) in [4.78, 5) is 4.30. The van der Waals surface area contributed by atoms with Crippen molar-refractivity contribution in [2.45, 2.75) is 26.3 Å². The largest absolute Gasteiger partial charge is 0.308 e. The second kappa shape index (κ2) is 4.40. The van der Waals surface area contributed by atoms with E-state index in [0.29, 0.717) is 11.4 Å². The summed E-state index contributed by atoms with van der Waals surface area (Å²) >= 11 is 0. The monoisotopic (exact) mass is 209 g/mol. The van der Waals surface area contributed by atoms with Crippen molar-refractivity contribution in [1.29, 1.82) is 0 Å². The zero-order chi connectivity index (χ0) is 11.5. The van der Waals surface area contributed by atoms with Gasteiger partial charge in [-0.15, -0.1) is 0 Å². The number of halogens is 1. The molecule has 3 N–H and O–H groups in total. The molecule has 82 valence electrons. The summed E-state index contributed by atoms with van der Waals surface area (Å²) in [5, 5.41) is 0. The van der Waals surface area contributed by atoms with Crippen LogP contribution in [-0.2, 0) is 0 Å². The summed E-state index contributed by atoms with van der Waals surface area (Å²) in [5.41, 5.74) is 2.51. The van der Waals surface area contributed by atoms with E-state index in [2.05, 4.69) is 10.4 Å². The highest BCUT2D eigenvalue weighted by atomic mass is 19.1. The molecule has 0 saturated heterocycles. The molecule has 0 amide bonds. The van der Waals surface area contributed by atoms with Crippen LogP contribution < -0.4 is 11.3 Å². The Hall–Kier alpha value is -1.42. The predicted octanol–water partition coefficient (Wildman–Crippen LogP) is 1.83. The molecule has 15 heavy (non-hydrogen) atoms. The average Bonchev–Trinajstić information content (AvgIpc) is 2.14. The predicted molar refractivity (Wildman–Crippen MR) is 60.0 cm³/mol. The summed E-state index contributed by atoms with van der Waals surface area (Å²) in [6, 6.07) is 6.39. The molecule has 0 bridgehead atoms. The smallest absolute Gasteiger partial charge is 0.146 e. The number of hydrogen-bond donors (Lipinski definition) is 2. The van der Waals surface area contributed by atoms with Crippen molar-refractivity contribution in [2.24, 2.45) is 10.8 Å². The quantitative estimate of drug-likeness (QED) is 0.321. The van der Waals surface area contributed by atoms with E-state index in [0.717, 1.165) is 0 Å². The highest BCUT2D eigenvalue weighted by Gasteiger charge is 2.13. The van der Waals surface area contributed by atoms with E-state index in [4.69, 9.17) is 5.84 Å². The molecule has 1 rings (SSSR count). The van der Waals surface area contributed by atoms with Crippen LogP contribution in [0.15, 0.2) is 29.3 Å². The Morgan fingerprint density at radius 1 is 1.33 bits per heavy atom. The van der Waals surface area contributed by atoms with Gasteiger partial charge in [0.25, 0.3) is 0 Å². The normalized spacial score (nSPS) is 12.7. The van der Waals surface area contributed by atoms with Gasteiger partial charge in [-0.2, -0.15) is 0 Å². The van der Waals surface area contributed by atoms with E-state index >= 15 is 0 Å². The second-order valence-corrected chi connectivity index (χ2v) is 4.26. The van der Waals surface area contributed by atoms with E-state index in [1.807, 2.05) is 20.8 Å². The number of hydrazine groups is 1. The number of aliphatic imine (C=N–C) groups is 1. The fourth-order valence-corrected chi connectivity index (χ4v) is 1.16. The van der Waals surface area contributed by atoms with Crippen molar-refractivity contribution in [3.63, 3.8) is 0 Å². The van der Waals surface area contributed by atoms with Crippen LogP contribution >= 0.6 is 0 Å². The lowest BCUT2D eigenvalue weighted by atomic mass is 10.1. The molecule has 0 spiro atoms. The third-order valence-electron chi connectivity index (χ3n) is 1.71. The molecule has 0 unspecified atom stereocenters. The molecule has 0 heterocycles. The van der Waals surface area contributed by atoms with Gasteiger partial charge in [-0.25, -0.2) is 10.2 Å². The van der Waals surface area contributed by atoms with Crippen LogP contribution in [-0.4, -0.2) is 11.4 Å². The first kappa shape index (κ1) is 11.7. The third-order valence-corrected chi connectivity index (χ3v) is 1.71. The van der Waals surface area contributed by atoms with Crippen molar-refractivity contribution >= 4 is 5.84 Å². The van der Waals surface area contributed by atoms with Gasteiger partial charge in [-0.1, -0.05) is 12.1 Å².